The number of benzene rings is 1. The van der Waals surface area contributed by atoms with Crippen molar-refractivity contribution in [1.29, 1.82) is 0 Å². The number of halogens is 2. The average molecular weight is 290 g/mol. The first kappa shape index (κ1) is 14.2. The average Bonchev–Trinajstić information content (AvgIpc) is 2.37. The minimum absolute atomic E-state index is 0.0686. The van der Waals surface area contributed by atoms with Crippen LogP contribution in [0.15, 0.2) is 6.07 Å². The second-order valence-corrected chi connectivity index (χ2v) is 5.13. The number of anilines is 3. The van der Waals surface area contributed by atoms with Crippen LogP contribution >= 0.6 is 11.6 Å². The van der Waals surface area contributed by atoms with Crippen LogP contribution in [0.1, 0.15) is 12.8 Å². The summed E-state index contributed by atoms with van der Waals surface area (Å²) in [5, 5.41) is 12.9. The van der Waals surface area contributed by atoms with E-state index in [1.54, 1.807) is 0 Å². The summed E-state index contributed by atoms with van der Waals surface area (Å²) in [7, 11) is 0. The van der Waals surface area contributed by atoms with Crippen molar-refractivity contribution in [2.45, 2.75) is 18.4 Å². The normalized spacial score (nSPS) is 18.3. The molecule has 0 saturated carbocycles. The summed E-state index contributed by atoms with van der Waals surface area (Å²) < 4.78 is 19.1. The van der Waals surface area contributed by atoms with E-state index in [0.717, 1.165) is 0 Å². The predicted octanol–water partition coefficient (Wildman–Crippen LogP) is 1.60. The van der Waals surface area contributed by atoms with E-state index >= 15 is 0 Å². The number of ether oxygens (including phenoxy) is 1. The molecule has 5 nitrogen and oxygen atoms in total. The molecule has 0 radical (unpaired) electrons. The van der Waals surface area contributed by atoms with Crippen LogP contribution in [0.25, 0.3) is 0 Å². The summed E-state index contributed by atoms with van der Waals surface area (Å²) in [6, 6.07) is 1.39. The Kier molecular flexibility index (Phi) is 4.03. The SMILES string of the molecule is Nc1cc(N)c(NCC2(O)CCOCC2)c(F)c1Cl. The summed E-state index contributed by atoms with van der Waals surface area (Å²) in [6.45, 7) is 1.15. The summed E-state index contributed by atoms with van der Waals surface area (Å²) in [6.07, 6.45) is 0.981. The van der Waals surface area contributed by atoms with Gasteiger partial charge in [-0.2, -0.15) is 0 Å². The fraction of sp³-hybridized carbons (Fsp3) is 0.500. The van der Waals surface area contributed by atoms with E-state index in [0.29, 0.717) is 26.1 Å². The van der Waals surface area contributed by atoms with Crippen molar-refractivity contribution < 1.29 is 14.2 Å². The standard InChI is InChI=1S/C12H17ClFN3O2/c13-9-7(15)5-8(16)11(10(9)14)17-6-12(18)1-3-19-4-2-12/h5,17-18H,1-4,6,15-16H2. The van der Waals surface area contributed by atoms with Gasteiger partial charge in [-0.15, -0.1) is 0 Å². The molecule has 1 heterocycles. The zero-order valence-corrected chi connectivity index (χ0v) is 11.1. The Morgan fingerprint density at radius 3 is 2.63 bits per heavy atom. The Labute approximate surface area is 115 Å². The van der Waals surface area contributed by atoms with Gasteiger partial charge in [0.15, 0.2) is 5.82 Å². The highest BCUT2D eigenvalue weighted by atomic mass is 35.5. The fourth-order valence-electron chi connectivity index (χ4n) is 2.03. The zero-order chi connectivity index (χ0) is 14.0. The van der Waals surface area contributed by atoms with Gasteiger partial charge in [0.2, 0.25) is 0 Å². The Balaban J connectivity index is 2.13. The lowest BCUT2D eigenvalue weighted by Gasteiger charge is -2.32. The molecule has 1 aromatic rings. The Hall–Kier alpha value is -1.24. The van der Waals surface area contributed by atoms with Crippen LogP contribution in [0.2, 0.25) is 5.02 Å². The van der Waals surface area contributed by atoms with E-state index in [9.17, 15) is 9.50 Å². The molecule has 2 rings (SSSR count). The van der Waals surface area contributed by atoms with Gasteiger partial charge in [0.05, 0.1) is 22.7 Å². The Bertz CT molecular complexity index is 479. The number of hydrogen-bond donors (Lipinski definition) is 4. The van der Waals surface area contributed by atoms with Crippen molar-refractivity contribution >= 4 is 28.7 Å². The smallest absolute Gasteiger partial charge is 0.169 e. The zero-order valence-electron chi connectivity index (χ0n) is 10.4. The molecule has 1 fully saturated rings. The highest BCUT2D eigenvalue weighted by Crippen LogP contribution is 2.34. The second-order valence-electron chi connectivity index (χ2n) is 4.75. The molecule has 0 unspecified atom stereocenters. The van der Waals surface area contributed by atoms with Gasteiger partial charge in [-0.3, -0.25) is 0 Å². The molecule has 7 heteroatoms. The van der Waals surface area contributed by atoms with E-state index in [1.807, 2.05) is 0 Å². The first-order valence-corrected chi connectivity index (χ1v) is 6.38. The van der Waals surface area contributed by atoms with E-state index in [-0.39, 0.29) is 28.6 Å². The van der Waals surface area contributed by atoms with Crippen LogP contribution in [0.4, 0.5) is 21.5 Å². The Morgan fingerprint density at radius 1 is 1.37 bits per heavy atom. The van der Waals surface area contributed by atoms with Crippen molar-refractivity contribution in [2.75, 3.05) is 36.5 Å². The lowest BCUT2D eigenvalue weighted by Crippen LogP contribution is -2.42. The number of hydrogen-bond acceptors (Lipinski definition) is 5. The second kappa shape index (κ2) is 5.40. The molecular weight excluding hydrogens is 273 g/mol. The van der Waals surface area contributed by atoms with Crippen molar-refractivity contribution in [3.8, 4) is 0 Å². The molecule has 0 aromatic heterocycles. The van der Waals surface area contributed by atoms with E-state index in [4.69, 9.17) is 27.8 Å². The van der Waals surface area contributed by atoms with Crippen LogP contribution in [0.3, 0.4) is 0 Å². The van der Waals surface area contributed by atoms with Crippen LogP contribution in [0.5, 0.6) is 0 Å². The molecule has 106 valence electrons. The molecule has 6 N–H and O–H groups in total. The van der Waals surface area contributed by atoms with Gasteiger partial charge >= 0.3 is 0 Å². The van der Waals surface area contributed by atoms with E-state index < -0.39 is 11.4 Å². The monoisotopic (exact) mass is 289 g/mol. The number of nitrogens with two attached hydrogens (primary N) is 2. The van der Waals surface area contributed by atoms with Gasteiger partial charge in [0.1, 0.15) is 5.02 Å². The fourth-order valence-corrected chi connectivity index (χ4v) is 2.18. The van der Waals surface area contributed by atoms with Gasteiger partial charge in [-0.25, -0.2) is 4.39 Å². The van der Waals surface area contributed by atoms with E-state index in [2.05, 4.69) is 5.32 Å². The minimum atomic E-state index is -0.926. The maximum atomic E-state index is 13.9. The topological polar surface area (TPSA) is 93.5 Å². The number of nitrogen functional groups attached to an aromatic ring is 2. The van der Waals surface area contributed by atoms with Gasteiger partial charge in [0.25, 0.3) is 0 Å². The number of rotatable bonds is 3. The minimum Gasteiger partial charge on any atom is -0.397 e. The third-order valence-electron chi connectivity index (χ3n) is 3.28. The molecule has 1 saturated heterocycles. The predicted molar refractivity (Wildman–Crippen MR) is 73.7 cm³/mol. The van der Waals surface area contributed by atoms with Crippen molar-refractivity contribution in [3.05, 3.63) is 16.9 Å². The number of aliphatic hydroxyl groups is 1. The maximum absolute atomic E-state index is 13.9. The third-order valence-corrected chi connectivity index (χ3v) is 3.67. The largest absolute Gasteiger partial charge is 0.397 e. The van der Waals surface area contributed by atoms with Gasteiger partial charge in [-0.05, 0) is 6.07 Å². The summed E-state index contributed by atoms with van der Waals surface area (Å²) >= 11 is 5.73. The maximum Gasteiger partial charge on any atom is 0.169 e. The summed E-state index contributed by atoms with van der Waals surface area (Å²) in [5.41, 5.74) is 10.6. The summed E-state index contributed by atoms with van der Waals surface area (Å²) in [5.74, 6) is -0.699. The van der Waals surface area contributed by atoms with Crippen LogP contribution in [0, 0.1) is 5.82 Å². The highest BCUT2D eigenvalue weighted by molar-refractivity contribution is 6.33. The lowest BCUT2D eigenvalue weighted by atomic mass is 9.94. The number of nitrogens with one attached hydrogen (secondary N) is 1. The van der Waals surface area contributed by atoms with Crippen molar-refractivity contribution in [1.82, 2.24) is 0 Å². The van der Waals surface area contributed by atoms with Gasteiger partial charge in [-0.1, -0.05) is 11.6 Å². The first-order valence-electron chi connectivity index (χ1n) is 6.00. The molecule has 0 aliphatic carbocycles. The molecule has 1 aliphatic heterocycles. The highest BCUT2D eigenvalue weighted by Gasteiger charge is 2.30. The molecule has 0 bridgehead atoms. The third kappa shape index (κ3) is 3.02. The molecule has 1 aromatic carbocycles. The lowest BCUT2D eigenvalue weighted by molar-refractivity contribution is -0.0543. The summed E-state index contributed by atoms with van der Waals surface area (Å²) in [4.78, 5) is 0. The van der Waals surface area contributed by atoms with Crippen LogP contribution in [-0.2, 0) is 4.74 Å². The molecule has 0 amide bonds. The van der Waals surface area contributed by atoms with Crippen molar-refractivity contribution in [2.24, 2.45) is 0 Å². The first-order chi connectivity index (χ1) is 8.93. The van der Waals surface area contributed by atoms with Crippen LogP contribution < -0.4 is 16.8 Å². The van der Waals surface area contributed by atoms with Gasteiger partial charge in [0, 0.05) is 32.6 Å². The van der Waals surface area contributed by atoms with E-state index in [1.165, 1.54) is 6.07 Å². The molecule has 1 aliphatic rings. The molecule has 19 heavy (non-hydrogen) atoms. The molecule has 0 atom stereocenters. The van der Waals surface area contributed by atoms with Gasteiger partial charge < -0.3 is 26.6 Å². The van der Waals surface area contributed by atoms with Crippen molar-refractivity contribution in [3.63, 3.8) is 0 Å². The molecular formula is C12H17ClFN3O2. The van der Waals surface area contributed by atoms with Crippen LogP contribution in [-0.4, -0.2) is 30.5 Å². The Morgan fingerprint density at radius 2 is 2.00 bits per heavy atom. The quantitative estimate of drug-likeness (QED) is 0.634. The molecule has 0 spiro atoms.